The Balaban J connectivity index is 1.43. The van der Waals surface area contributed by atoms with Gasteiger partial charge in [-0.2, -0.15) is 5.10 Å². The maximum Gasteiger partial charge on any atom is 0.159 e. The standard InChI is InChI=1S/C28H25N7/c1-4-20(14-21(5-2)31-18(3)13-19-9-7-6-8-10-19)24-15-22-25(17-30-24)34-35-27(22)28-32-23-11-12-29-16-26(23)33-28/h4-12,14-17,31H,2-3,13H2,1H3,(H,32,33)(H,34,35)/b20-4+,21-14+. The van der Waals surface area contributed by atoms with Crippen molar-refractivity contribution in [3.63, 3.8) is 0 Å². The summed E-state index contributed by atoms with van der Waals surface area (Å²) in [5.74, 6) is 0.680. The number of imidazole rings is 1. The normalized spacial score (nSPS) is 12.3. The molecule has 5 rings (SSSR count). The summed E-state index contributed by atoms with van der Waals surface area (Å²) in [4.78, 5) is 16.8. The molecule has 1 aromatic carbocycles. The maximum atomic E-state index is 4.67. The van der Waals surface area contributed by atoms with Crippen LogP contribution >= 0.6 is 0 Å². The summed E-state index contributed by atoms with van der Waals surface area (Å²) in [6.45, 7) is 10.1. The molecule has 0 amide bonds. The van der Waals surface area contributed by atoms with Gasteiger partial charge in [-0.15, -0.1) is 0 Å². The van der Waals surface area contributed by atoms with Crippen molar-refractivity contribution in [1.29, 1.82) is 0 Å². The van der Waals surface area contributed by atoms with Gasteiger partial charge in [-0.3, -0.25) is 15.1 Å². The molecule has 0 atom stereocenters. The molecule has 5 aromatic rings. The molecule has 172 valence electrons. The summed E-state index contributed by atoms with van der Waals surface area (Å²) in [6.07, 6.45) is 11.8. The van der Waals surface area contributed by atoms with Crippen LogP contribution in [0.15, 0.2) is 104 Å². The Morgan fingerprint density at radius 2 is 1.97 bits per heavy atom. The minimum atomic E-state index is 0.680. The number of rotatable bonds is 8. The van der Waals surface area contributed by atoms with Crippen LogP contribution in [0.4, 0.5) is 0 Å². The summed E-state index contributed by atoms with van der Waals surface area (Å²) < 4.78 is 0. The third-order valence-electron chi connectivity index (χ3n) is 5.67. The summed E-state index contributed by atoms with van der Waals surface area (Å²) >= 11 is 0. The minimum Gasteiger partial charge on any atom is -0.359 e. The Hall–Kier alpha value is -4.78. The van der Waals surface area contributed by atoms with Crippen molar-refractivity contribution in [1.82, 2.24) is 35.5 Å². The first-order chi connectivity index (χ1) is 17.1. The molecule has 0 bridgehead atoms. The highest BCUT2D eigenvalue weighted by molar-refractivity contribution is 5.94. The fraction of sp³-hybridized carbons (Fsp3) is 0.0714. The van der Waals surface area contributed by atoms with Crippen LogP contribution in [0.3, 0.4) is 0 Å². The van der Waals surface area contributed by atoms with Crippen molar-refractivity contribution in [2.24, 2.45) is 0 Å². The lowest BCUT2D eigenvalue weighted by atomic mass is 10.1. The predicted molar refractivity (Wildman–Crippen MR) is 141 cm³/mol. The molecule has 0 saturated heterocycles. The lowest BCUT2D eigenvalue weighted by Gasteiger charge is -2.12. The highest BCUT2D eigenvalue weighted by atomic mass is 15.1. The summed E-state index contributed by atoms with van der Waals surface area (Å²) in [5.41, 5.74) is 7.96. The van der Waals surface area contributed by atoms with Gasteiger partial charge in [0.25, 0.3) is 0 Å². The molecular weight excluding hydrogens is 434 g/mol. The van der Waals surface area contributed by atoms with Crippen molar-refractivity contribution in [2.75, 3.05) is 0 Å². The Labute approximate surface area is 203 Å². The van der Waals surface area contributed by atoms with Crippen LogP contribution in [-0.2, 0) is 6.42 Å². The van der Waals surface area contributed by atoms with Crippen molar-refractivity contribution < 1.29 is 0 Å². The number of hydrogen-bond acceptors (Lipinski definition) is 5. The molecule has 35 heavy (non-hydrogen) atoms. The Morgan fingerprint density at radius 1 is 1.11 bits per heavy atom. The maximum absolute atomic E-state index is 4.67. The topological polar surface area (TPSA) is 95.2 Å². The van der Waals surface area contributed by atoms with Crippen LogP contribution in [0, 0.1) is 0 Å². The van der Waals surface area contributed by atoms with Gasteiger partial charge >= 0.3 is 0 Å². The highest BCUT2D eigenvalue weighted by Crippen LogP contribution is 2.28. The van der Waals surface area contributed by atoms with E-state index in [2.05, 4.69) is 60.7 Å². The number of benzene rings is 1. The number of nitrogens with one attached hydrogen (secondary N) is 3. The molecule has 0 fully saturated rings. The van der Waals surface area contributed by atoms with Crippen molar-refractivity contribution in [3.05, 3.63) is 115 Å². The fourth-order valence-electron chi connectivity index (χ4n) is 3.93. The Bertz CT molecular complexity index is 1550. The average Bonchev–Trinajstić information content (AvgIpc) is 3.50. The zero-order valence-corrected chi connectivity index (χ0v) is 19.4. The number of pyridine rings is 2. The number of fused-ring (bicyclic) bond motifs is 2. The van der Waals surface area contributed by atoms with Gasteiger partial charge in [-0.25, -0.2) is 4.98 Å². The van der Waals surface area contributed by atoms with E-state index in [1.165, 1.54) is 5.56 Å². The number of aromatic amines is 2. The van der Waals surface area contributed by atoms with Crippen LogP contribution in [0.25, 0.3) is 39.0 Å². The second kappa shape index (κ2) is 9.61. The molecule has 0 radical (unpaired) electrons. The van der Waals surface area contributed by atoms with Crippen LogP contribution < -0.4 is 5.32 Å². The van der Waals surface area contributed by atoms with Crippen LogP contribution in [0.2, 0.25) is 0 Å². The molecule has 4 heterocycles. The Morgan fingerprint density at radius 3 is 2.74 bits per heavy atom. The third kappa shape index (κ3) is 4.65. The summed E-state index contributed by atoms with van der Waals surface area (Å²) in [7, 11) is 0. The van der Waals surface area contributed by atoms with E-state index in [0.29, 0.717) is 5.82 Å². The smallest absolute Gasteiger partial charge is 0.159 e. The first-order valence-electron chi connectivity index (χ1n) is 11.3. The monoisotopic (exact) mass is 459 g/mol. The van der Waals surface area contributed by atoms with Crippen molar-refractivity contribution in [2.45, 2.75) is 13.3 Å². The summed E-state index contributed by atoms with van der Waals surface area (Å²) in [6, 6.07) is 14.1. The second-order valence-corrected chi connectivity index (χ2v) is 8.10. The molecule has 4 aromatic heterocycles. The molecule has 7 heteroatoms. The molecule has 7 nitrogen and oxygen atoms in total. The fourth-order valence-corrected chi connectivity index (χ4v) is 3.93. The molecule has 0 aliphatic heterocycles. The molecule has 3 N–H and O–H groups in total. The zero-order chi connectivity index (χ0) is 24.2. The van der Waals surface area contributed by atoms with Crippen LogP contribution in [-0.4, -0.2) is 30.1 Å². The van der Waals surface area contributed by atoms with Gasteiger partial charge in [0, 0.05) is 29.4 Å². The third-order valence-corrected chi connectivity index (χ3v) is 5.67. The van der Waals surface area contributed by atoms with E-state index in [0.717, 1.165) is 56.7 Å². The molecule has 0 saturated carbocycles. The van der Waals surface area contributed by atoms with Gasteiger partial charge in [0.05, 0.1) is 34.6 Å². The van der Waals surface area contributed by atoms with Gasteiger partial charge in [-0.1, -0.05) is 49.6 Å². The number of hydrogen-bond donors (Lipinski definition) is 3. The SMILES string of the molecule is C=C/C(=C\C(=C/C)c1cc2c(-c3nc4ccncc4[nH]3)n[nH]c2cn1)NC(=C)Cc1ccccc1. The van der Waals surface area contributed by atoms with Crippen molar-refractivity contribution in [3.8, 4) is 11.5 Å². The van der Waals surface area contributed by atoms with E-state index in [4.69, 9.17) is 0 Å². The first kappa shape index (κ1) is 22.0. The van der Waals surface area contributed by atoms with E-state index in [1.54, 1.807) is 24.7 Å². The lowest BCUT2D eigenvalue weighted by Crippen LogP contribution is -2.12. The number of allylic oxidation sites excluding steroid dienone is 5. The van der Waals surface area contributed by atoms with E-state index >= 15 is 0 Å². The first-order valence-corrected chi connectivity index (χ1v) is 11.3. The lowest BCUT2D eigenvalue weighted by molar-refractivity contribution is 0.941. The largest absolute Gasteiger partial charge is 0.359 e. The average molecular weight is 460 g/mol. The van der Waals surface area contributed by atoms with Gasteiger partial charge in [-0.05, 0) is 42.3 Å². The van der Waals surface area contributed by atoms with E-state index < -0.39 is 0 Å². The zero-order valence-electron chi connectivity index (χ0n) is 19.4. The quantitative estimate of drug-likeness (QED) is 0.258. The number of H-pyrrole nitrogens is 2. The van der Waals surface area contributed by atoms with E-state index in [1.807, 2.05) is 49.4 Å². The highest BCUT2D eigenvalue weighted by Gasteiger charge is 2.14. The molecule has 0 aliphatic rings. The van der Waals surface area contributed by atoms with Crippen LogP contribution in [0.1, 0.15) is 18.2 Å². The van der Waals surface area contributed by atoms with E-state index in [9.17, 15) is 0 Å². The van der Waals surface area contributed by atoms with E-state index in [-0.39, 0.29) is 0 Å². The summed E-state index contributed by atoms with van der Waals surface area (Å²) in [5, 5.41) is 11.8. The molecule has 0 unspecified atom stereocenters. The Kier molecular flexibility index (Phi) is 6.05. The molecule has 0 aliphatic carbocycles. The molecule has 0 spiro atoms. The van der Waals surface area contributed by atoms with Gasteiger partial charge < -0.3 is 10.3 Å². The molecular formula is C28H25N7. The van der Waals surface area contributed by atoms with Gasteiger partial charge in [0.15, 0.2) is 5.82 Å². The van der Waals surface area contributed by atoms with Crippen molar-refractivity contribution >= 4 is 27.5 Å². The van der Waals surface area contributed by atoms with Crippen LogP contribution in [0.5, 0.6) is 0 Å². The minimum absolute atomic E-state index is 0.680. The van der Waals surface area contributed by atoms with Gasteiger partial charge in [0.1, 0.15) is 5.69 Å². The second-order valence-electron chi connectivity index (χ2n) is 8.10. The predicted octanol–water partition coefficient (Wildman–Crippen LogP) is 5.72. The number of nitrogens with zero attached hydrogens (tertiary/aromatic N) is 4. The number of aromatic nitrogens is 6. The van der Waals surface area contributed by atoms with Gasteiger partial charge in [0.2, 0.25) is 0 Å².